The summed E-state index contributed by atoms with van der Waals surface area (Å²) in [5, 5.41) is 3.98. The molecule has 0 spiro atoms. The molecule has 0 fully saturated rings. The Balaban J connectivity index is 0.00000288. The fourth-order valence-electron chi connectivity index (χ4n) is 2.10. The number of hydrogen-bond donors (Lipinski definition) is 1. The van der Waals surface area contributed by atoms with Crippen molar-refractivity contribution in [1.82, 2.24) is 10.2 Å². The second kappa shape index (κ2) is 11.2. The summed E-state index contributed by atoms with van der Waals surface area (Å²) in [6, 6.07) is 11.2. The number of rotatable bonds is 7. The maximum atomic E-state index is 5.93. The number of halogens is 2. The lowest BCUT2D eigenvalue weighted by molar-refractivity contribution is 0.281. The van der Waals surface area contributed by atoms with E-state index in [1.54, 1.807) is 19.4 Å². The van der Waals surface area contributed by atoms with Gasteiger partial charge in [0.2, 0.25) is 0 Å². The lowest BCUT2D eigenvalue weighted by Gasteiger charge is -2.22. The molecule has 0 bridgehead atoms. The summed E-state index contributed by atoms with van der Waals surface area (Å²) in [6.07, 6.45) is 2.50. The van der Waals surface area contributed by atoms with Crippen molar-refractivity contribution >= 4 is 41.5 Å². The van der Waals surface area contributed by atoms with Gasteiger partial charge in [-0.2, -0.15) is 0 Å². The Labute approximate surface area is 165 Å². The van der Waals surface area contributed by atoms with Crippen LogP contribution in [0.3, 0.4) is 0 Å². The van der Waals surface area contributed by atoms with Gasteiger partial charge in [-0.3, -0.25) is 4.99 Å². The van der Waals surface area contributed by atoms with E-state index >= 15 is 0 Å². The molecular formula is C17H23ClIN3O2. The third kappa shape index (κ3) is 7.00. The molecule has 5 nitrogen and oxygen atoms in total. The average molecular weight is 464 g/mol. The number of aliphatic imine (C=N–C) groups is 1. The molecule has 0 radical (unpaired) electrons. The highest BCUT2D eigenvalue weighted by atomic mass is 127. The van der Waals surface area contributed by atoms with Crippen LogP contribution in [0.25, 0.3) is 0 Å². The first-order valence-corrected chi connectivity index (χ1v) is 7.89. The molecule has 132 valence electrons. The Morgan fingerprint density at radius 2 is 2.17 bits per heavy atom. The fourth-order valence-corrected chi connectivity index (χ4v) is 2.28. The van der Waals surface area contributed by atoms with Gasteiger partial charge in [-0.15, -0.1) is 24.0 Å². The zero-order chi connectivity index (χ0) is 16.5. The van der Waals surface area contributed by atoms with Gasteiger partial charge in [0.1, 0.15) is 18.1 Å². The van der Waals surface area contributed by atoms with E-state index in [4.69, 9.17) is 20.8 Å². The van der Waals surface area contributed by atoms with E-state index in [0.29, 0.717) is 18.2 Å². The number of hydrogen-bond acceptors (Lipinski definition) is 3. The first-order valence-electron chi connectivity index (χ1n) is 7.51. The third-order valence-corrected chi connectivity index (χ3v) is 3.53. The minimum absolute atomic E-state index is 0. The van der Waals surface area contributed by atoms with Crippen molar-refractivity contribution in [3.63, 3.8) is 0 Å². The molecule has 1 aromatic heterocycles. The molecule has 0 aliphatic rings. The second-order valence-electron chi connectivity index (χ2n) is 5.03. The van der Waals surface area contributed by atoms with Gasteiger partial charge in [-0.05, 0) is 30.3 Å². The van der Waals surface area contributed by atoms with E-state index < -0.39 is 0 Å². The van der Waals surface area contributed by atoms with Crippen molar-refractivity contribution in [3.8, 4) is 5.75 Å². The predicted molar refractivity (Wildman–Crippen MR) is 109 cm³/mol. The third-order valence-electron chi connectivity index (χ3n) is 3.30. The van der Waals surface area contributed by atoms with Crippen molar-refractivity contribution in [2.75, 3.05) is 33.8 Å². The standard InChI is InChI=1S/C17H22ClN3O2.HI/c1-19-17(20-9-8-15-7-4-11-22-15)21(2)10-12-23-16-6-3-5-14(18)13-16;/h3-7,11,13H,8-10,12H2,1-2H3,(H,19,20);1H. The van der Waals surface area contributed by atoms with Crippen LogP contribution >= 0.6 is 35.6 Å². The molecule has 0 amide bonds. The summed E-state index contributed by atoms with van der Waals surface area (Å²) in [5.74, 6) is 2.55. The van der Waals surface area contributed by atoms with E-state index in [1.165, 1.54) is 0 Å². The van der Waals surface area contributed by atoms with Gasteiger partial charge in [0, 0.05) is 32.1 Å². The van der Waals surface area contributed by atoms with Crippen molar-refractivity contribution in [2.45, 2.75) is 6.42 Å². The van der Waals surface area contributed by atoms with Crippen molar-refractivity contribution in [3.05, 3.63) is 53.4 Å². The Morgan fingerprint density at radius 3 is 2.83 bits per heavy atom. The Bertz CT molecular complexity index is 620. The van der Waals surface area contributed by atoms with Crippen molar-refractivity contribution in [2.24, 2.45) is 4.99 Å². The van der Waals surface area contributed by atoms with Crippen LogP contribution in [-0.2, 0) is 6.42 Å². The van der Waals surface area contributed by atoms with Gasteiger partial charge in [-0.1, -0.05) is 17.7 Å². The summed E-state index contributed by atoms with van der Waals surface area (Å²) in [7, 11) is 3.74. The Hall–Kier alpha value is -1.41. The zero-order valence-corrected chi connectivity index (χ0v) is 17.0. The van der Waals surface area contributed by atoms with E-state index in [0.717, 1.165) is 30.4 Å². The summed E-state index contributed by atoms with van der Waals surface area (Å²) in [6.45, 7) is 2.03. The molecule has 1 N–H and O–H groups in total. The van der Waals surface area contributed by atoms with Crippen LogP contribution in [0.5, 0.6) is 5.75 Å². The Morgan fingerprint density at radius 1 is 1.33 bits per heavy atom. The van der Waals surface area contributed by atoms with Crippen molar-refractivity contribution < 1.29 is 9.15 Å². The zero-order valence-electron chi connectivity index (χ0n) is 13.9. The number of nitrogens with one attached hydrogen (secondary N) is 1. The molecule has 0 unspecified atom stereocenters. The molecule has 0 aliphatic heterocycles. The van der Waals surface area contributed by atoms with Crippen LogP contribution in [-0.4, -0.2) is 44.7 Å². The maximum absolute atomic E-state index is 5.93. The SMILES string of the molecule is CN=C(NCCc1ccco1)N(C)CCOc1cccc(Cl)c1.I. The average Bonchev–Trinajstić information content (AvgIpc) is 3.05. The molecule has 1 aromatic carbocycles. The number of ether oxygens (including phenoxy) is 1. The lowest BCUT2D eigenvalue weighted by atomic mass is 10.3. The fraction of sp³-hybridized carbons (Fsp3) is 0.353. The van der Waals surface area contributed by atoms with E-state index in [2.05, 4.69) is 10.3 Å². The van der Waals surface area contributed by atoms with E-state index in [1.807, 2.05) is 42.3 Å². The monoisotopic (exact) mass is 463 g/mol. The van der Waals surface area contributed by atoms with Gasteiger partial charge < -0.3 is 19.4 Å². The van der Waals surface area contributed by atoms with Gasteiger partial charge in [0.15, 0.2) is 5.96 Å². The van der Waals surface area contributed by atoms with E-state index in [-0.39, 0.29) is 24.0 Å². The highest BCUT2D eigenvalue weighted by molar-refractivity contribution is 14.0. The van der Waals surface area contributed by atoms with Crippen LogP contribution in [0.4, 0.5) is 0 Å². The van der Waals surface area contributed by atoms with Crippen molar-refractivity contribution in [1.29, 1.82) is 0 Å². The molecule has 2 rings (SSSR count). The summed E-state index contributed by atoms with van der Waals surface area (Å²) >= 11 is 5.93. The highest BCUT2D eigenvalue weighted by Crippen LogP contribution is 2.16. The number of nitrogens with zero attached hydrogens (tertiary/aromatic N) is 2. The topological polar surface area (TPSA) is 50.0 Å². The maximum Gasteiger partial charge on any atom is 0.193 e. The van der Waals surface area contributed by atoms with Gasteiger partial charge >= 0.3 is 0 Å². The van der Waals surface area contributed by atoms with Crippen LogP contribution in [0, 0.1) is 0 Å². The summed E-state index contributed by atoms with van der Waals surface area (Å²) in [5.41, 5.74) is 0. The number of benzene rings is 1. The first kappa shape index (κ1) is 20.6. The second-order valence-corrected chi connectivity index (χ2v) is 5.47. The lowest BCUT2D eigenvalue weighted by Crippen LogP contribution is -2.41. The highest BCUT2D eigenvalue weighted by Gasteiger charge is 2.06. The summed E-state index contributed by atoms with van der Waals surface area (Å²) < 4.78 is 11.0. The molecule has 0 saturated heterocycles. The number of guanidine groups is 1. The molecule has 0 atom stereocenters. The first-order chi connectivity index (χ1) is 11.2. The van der Waals surface area contributed by atoms with Gasteiger partial charge in [-0.25, -0.2) is 0 Å². The largest absolute Gasteiger partial charge is 0.492 e. The molecule has 7 heteroatoms. The van der Waals surface area contributed by atoms with Gasteiger partial charge in [0.05, 0.1) is 12.8 Å². The van der Waals surface area contributed by atoms with E-state index in [9.17, 15) is 0 Å². The smallest absolute Gasteiger partial charge is 0.193 e. The quantitative estimate of drug-likeness (QED) is 0.387. The summed E-state index contributed by atoms with van der Waals surface area (Å²) in [4.78, 5) is 6.29. The Kier molecular flexibility index (Phi) is 9.63. The van der Waals surface area contributed by atoms with Crippen LogP contribution in [0.2, 0.25) is 5.02 Å². The molecule has 2 aromatic rings. The molecule has 0 saturated carbocycles. The normalized spacial score (nSPS) is 10.9. The molecule has 24 heavy (non-hydrogen) atoms. The molecule has 0 aliphatic carbocycles. The van der Waals surface area contributed by atoms with Crippen LogP contribution in [0.1, 0.15) is 5.76 Å². The van der Waals surface area contributed by atoms with Gasteiger partial charge in [0.25, 0.3) is 0 Å². The minimum Gasteiger partial charge on any atom is -0.492 e. The predicted octanol–water partition coefficient (Wildman–Crippen LogP) is 3.68. The number of furan rings is 1. The molecular weight excluding hydrogens is 441 g/mol. The molecule has 1 heterocycles. The van der Waals surface area contributed by atoms with Crippen LogP contribution < -0.4 is 10.1 Å². The van der Waals surface area contributed by atoms with Crippen LogP contribution in [0.15, 0.2) is 52.1 Å². The number of likely N-dealkylation sites (N-methyl/N-ethyl adjacent to an activating group) is 1. The minimum atomic E-state index is 0.